The number of benzene rings is 1. The minimum absolute atomic E-state index is 0.175. The van der Waals surface area contributed by atoms with E-state index in [1.807, 2.05) is 18.2 Å². The normalized spacial score (nSPS) is 28.7. The summed E-state index contributed by atoms with van der Waals surface area (Å²) in [5.41, 5.74) is 2.12. The highest BCUT2D eigenvalue weighted by Gasteiger charge is 2.34. The first-order chi connectivity index (χ1) is 10.7. The molecule has 5 nitrogen and oxygen atoms in total. The summed E-state index contributed by atoms with van der Waals surface area (Å²) in [4.78, 5) is 13.9. The van der Waals surface area contributed by atoms with Gasteiger partial charge in [0.1, 0.15) is 6.10 Å². The minimum Gasteiger partial charge on any atom is -0.441 e. The number of methoxy groups -OCH3 is 1. The number of aliphatic hydroxyl groups excluding tert-OH is 1. The number of nitrogens with zero attached hydrogens (tertiary/aromatic N) is 1. The molecule has 0 bridgehead atoms. The zero-order valence-electron chi connectivity index (χ0n) is 12.9. The summed E-state index contributed by atoms with van der Waals surface area (Å²) in [6, 6.07) is 8.04. The molecule has 1 saturated carbocycles. The van der Waals surface area contributed by atoms with Crippen molar-refractivity contribution in [1.29, 1.82) is 0 Å². The molecule has 0 aromatic heterocycles. The molecule has 1 unspecified atom stereocenters. The van der Waals surface area contributed by atoms with Crippen molar-refractivity contribution >= 4 is 11.8 Å². The van der Waals surface area contributed by atoms with Gasteiger partial charge in [-0.05, 0) is 43.2 Å². The maximum Gasteiger partial charge on any atom is 0.414 e. The summed E-state index contributed by atoms with van der Waals surface area (Å²) in [5.74, 6) is 0.397. The molecule has 120 valence electrons. The Bertz CT molecular complexity index is 525. The van der Waals surface area contributed by atoms with Gasteiger partial charge in [0.05, 0.1) is 24.9 Å². The second-order valence-corrected chi connectivity index (χ2v) is 6.14. The zero-order chi connectivity index (χ0) is 15.5. The van der Waals surface area contributed by atoms with Crippen LogP contribution in [0.25, 0.3) is 0 Å². The van der Waals surface area contributed by atoms with Crippen molar-refractivity contribution in [2.45, 2.75) is 43.8 Å². The SMILES string of the molecule is COCC1CN(c2ccccc2C2CCC(O)CC2)C(=O)O1. The van der Waals surface area contributed by atoms with E-state index in [4.69, 9.17) is 9.47 Å². The van der Waals surface area contributed by atoms with Crippen molar-refractivity contribution in [3.8, 4) is 0 Å². The number of carbonyl (C=O) groups excluding carboxylic acids is 1. The molecule has 1 N–H and O–H groups in total. The van der Waals surface area contributed by atoms with E-state index in [1.165, 1.54) is 5.56 Å². The molecule has 1 aliphatic heterocycles. The van der Waals surface area contributed by atoms with Gasteiger partial charge in [-0.2, -0.15) is 0 Å². The van der Waals surface area contributed by atoms with Crippen LogP contribution in [0.3, 0.4) is 0 Å². The van der Waals surface area contributed by atoms with Crippen LogP contribution in [0.2, 0.25) is 0 Å². The Morgan fingerprint density at radius 1 is 1.27 bits per heavy atom. The van der Waals surface area contributed by atoms with Gasteiger partial charge < -0.3 is 14.6 Å². The largest absolute Gasteiger partial charge is 0.441 e. The van der Waals surface area contributed by atoms with Crippen molar-refractivity contribution < 1.29 is 19.4 Å². The van der Waals surface area contributed by atoms with Crippen LogP contribution in [0.1, 0.15) is 37.2 Å². The van der Waals surface area contributed by atoms with E-state index < -0.39 is 0 Å². The van der Waals surface area contributed by atoms with Gasteiger partial charge in [-0.1, -0.05) is 18.2 Å². The van der Waals surface area contributed by atoms with E-state index in [9.17, 15) is 9.90 Å². The molecule has 22 heavy (non-hydrogen) atoms. The van der Waals surface area contributed by atoms with Crippen molar-refractivity contribution in [3.63, 3.8) is 0 Å². The van der Waals surface area contributed by atoms with E-state index in [2.05, 4.69) is 6.07 Å². The lowest BCUT2D eigenvalue weighted by Gasteiger charge is -2.28. The third kappa shape index (κ3) is 3.10. The highest BCUT2D eigenvalue weighted by Crippen LogP contribution is 2.38. The molecule has 1 amide bonds. The lowest BCUT2D eigenvalue weighted by molar-refractivity contribution is 0.0718. The van der Waals surface area contributed by atoms with Gasteiger partial charge in [-0.15, -0.1) is 0 Å². The van der Waals surface area contributed by atoms with Crippen LogP contribution in [0.5, 0.6) is 0 Å². The van der Waals surface area contributed by atoms with Crippen LogP contribution in [0.4, 0.5) is 10.5 Å². The lowest BCUT2D eigenvalue weighted by atomic mass is 9.82. The molecule has 1 aliphatic carbocycles. The number of para-hydroxylation sites is 1. The van der Waals surface area contributed by atoms with E-state index in [0.717, 1.165) is 31.4 Å². The van der Waals surface area contributed by atoms with Crippen LogP contribution in [0, 0.1) is 0 Å². The van der Waals surface area contributed by atoms with Crippen molar-refractivity contribution in [3.05, 3.63) is 29.8 Å². The molecular formula is C17H23NO4. The molecule has 3 rings (SSSR count). The Balaban J connectivity index is 1.81. The number of cyclic esters (lactones) is 1. The summed E-state index contributed by atoms with van der Waals surface area (Å²) in [6.07, 6.45) is 2.90. The number of hydrogen-bond acceptors (Lipinski definition) is 4. The number of ether oxygens (including phenoxy) is 2. The Morgan fingerprint density at radius 2 is 2.00 bits per heavy atom. The molecule has 5 heteroatoms. The lowest BCUT2D eigenvalue weighted by Crippen LogP contribution is -2.27. The van der Waals surface area contributed by atoms with Gasteiger partial charge in [-0.3, -0.25) is 4.90 Å². The molecule has 1 aromatic rings. The molecule has 1 atom stereocenters. The fourth-order valence-electron chi connectivity index (χ4n) is 3.46. The maximum atomic E-state index is 12.2. The van der Waals surface area contributed by atoms with Gasteiger partial charge >= 0.3 is 6.09 Å². The Kier molecular flexibility index (Phi) is 4.64. The summed E-state index contributed by atoms with van der Waals surface area (Å²) in [5, 5.41) is 9.69. The number of hydrogen-bond donors (Lipinski definition) is 1. The smallest absolute Gasteiger partial charge is 0.414 e. The predicted molar refractivity (Wildman–Crippen MR) is 83.1 cm³/mol. The van der Waals surface area contributed by atoms with Crippen LogP contribution in [0.15, 0.2) is 24.3 Å². The number of amides is 1. The first kappa shape index (κ1) is 15.3. The molecule has 2 aliphatic rings. The van der Waals surface area contributed by atoms with Crippen LogP contribution >= 0.6 is 0 Å². The summed E-state index contributed by atoms with van der Waals surface area (Å²) >= 11 is 0. The molecular weight excluding hydrogens is 282 g/mol. The minimum atomic E-state index is -0.301. The van der Waals surface area contributed by atoms with E-state index in [1.54, 1.807) is 12.0 Å². The van der Waals surface area contributed by atoms with Crippen molar-refractivity contribution in [2.24, 2.45) is 0 Å². The van der Waals surface area contributed by atoms with E-state index >= 15 is 0 Å². The zero-order valence-corrected chi connectivity index (χ0v) is 12.9. The third-order valence-corrected chi connectivity index (χ3v) is 4.59. The summed E-state index contributed by atoms with van der Waals surface area (Å²) in [6.45, 7) is 0.944. The second-order valence-electron chi connectivity index (χ2n) is 6.14. The van der Waals surface area contributed by atoms with Crippen LogP contribution in [-0.2, 0) is 9.47 Å². The predicted octanol–water partition coefficient (Wildman–Crippen LogP) is 2.68. The average Bonchev–Trinajstić information content (AvgIpc) is 2.89. The Hall–Kier alpha value is -1.59. The first-order valence-electron chi connectivity index (χ1n) is 7.93. The van der Waals surface area contributed by atoms with E-state index in [0.29, 0.717) is 19.1 Å². The average molecular weight is 305 g/mol. The maximum absolute atomic E-state index is 12.2. The van der Waals surface area contributed by atoms with Gasteiger partial charge in [-0.25, -0.2) is 4.79 Å². The number of rotatable bonds is 4. The van der Waals surface area contributed by atoms with Gasteiger partial charge in [0.25, 0.3) is 0 Å². The third-order valence-electron chi connectivity index (χ3n) is 4.59. The Morgan fingerprint density at radius 3 is 2.73 bits per heavy atom. The molecule has 1 aromatic carbocycles. The first-order valence-corrected chi connectivity index (χ1v) is 7.93. The second kappa shape index (κ2) is 6.67. The van der Waals surface area contributed by atoms with Crippen molar-refractivity contribution in [2.75, 3.05) is 25.2 Å². The fourth-order valence-corrected chi connectivity index (χ4v) is 3.46. The fraction of sp³-hybridized carbons (Fsp3) is 0.588. The number of aliphatic hydroxyl groups is 1. The molecule has 1 heterocycles. The quantitative estimate of drug-likeness (QED) is 0.929. The highest BCUT2D eigenvalue weighted by molar-refractivity contribution is 5.90. The molecule has 0 radical (unpaired) electrons. The van der Waals surface area contributed by atoms with Gasteiger partial charge in [0, 0.05) is 7.11 Å². The number of carbonyl (C=O) groups is 1. The summed E-state index contributed by atoms with van der Waals surface area (Å²) in [7, 11) is 1.61. The molecule has 1 saturated heterocycles. The monoisotopic (exact) mass is 305 g/mol. The summed E-state index contributed by atoms with van der Waals surface area (Å²) < 4.78 is 10.4. The topological polar surface area (TPSA) is 59.0 Å². The standard InChI is InChI=1S/C17H23NO4/c1-21-11-14-10-18(17(20)22-14)16-5-3-2-4-15(16)12-6-8-13(19)9-7-12/h2-5,12-14,19H,6-11H2,1H3. The van der Waals surface area contributed by atoms with Gasteiger partial charge in [0.2, 0.25) is 0 Å². The molecule has 0 spiro atoms. The highest BCUT2D eigenvalue weighted by atomic mass is 16.6. The Labute approximate surface area is 130 Å². The van der Waals surface area contributed by atoms with Crippen LogP contribution in [-0.4, -0.2) is 43.7 Å². The molecule has 2 fully saturated rings. The van der Waals surface area contributed by atoms with E-state index in [-0.39, 0.29) is 18.3 Å². The van der Waals surface area contributed by atoms with Crippen molar-refractivity contribution in [1.82, 2.24) is 0 Å². The van der Waals surface area contributed by atoms with Gasteiger partial charge in [0.15, 0.2) is 0 Å². The number of anilines is 1. The van der Waals surface area contributed by atoms with Crippen LogP contribution < -0.4 is 4.90 Å².